The van der Waals surface area contributed by atoms with Crippen molar-refractivity contribution in [1.82, 2.24) is 9.88 Å². The molecule has 0 N–H and O–H groups in total. The van der Waals surface area contributed by atoms with Gasteiger partial charge in [0, 0.05) is 12.6 Å². The number of amides is 1. The Labute approximate surface area is 141 Å². The van der Waals surface area contributed by atoms with E-state index in [1.807, 2.05) is 4.90 Å². The van der Waals surface area contributed by atoms with Crippen LogP contribution in [-0.4, -0.2) is 39.9 Å². The summed E-state index contributed by atoms with van der Waals surface area (Å²) in [7, 11) is 0. The van der Waals surface area contributed by atoms with Crippen molar-refractivity contribution < 1.29 is 14.5 Å². The van der Waals surface area contributed by atoms with Gasteiger partial charge in [0.05, 0.1) is 0 Å². The van der Waals surface area contributed by atoms with Crippen LogP contribution in [0.5, 0.6) is 5.75 Å². The van der Waals surface area contributed by atoms with Crippen LogP contribution in [0.15, 0.2) is 18.3 Å². The maximum absolute atomic E-state index is 12.6. The molecule has 24 heavy (non-hydrogen) atoms. The Balaban J connectivity index is 1.68. The number of aromatic nitrogens is 1. The number of nitrogens with zero attached hydrogens (tertiary/aromatic N) is 3. The Morgan fingerprint density at radius 2 is 2.21 bits per heavy atom. The summed E-state index contributed by atoms with van der Waals surface area (Å²) in [5.74, 6) is -0.442. The van der Waals surface area contributed by atoms with Gasteiger partial charge in [-0.15, -0.1) is 0 Å². The molecular formula is C17H23N3O4. The van der Waals surface area contributed by atoms with Gasteiger partial charge in [-0.25, -0.2) is 0 Å². The molecule has 7 heteroatoms. The number of pyridine rings is 1. The Morgan fingerprint density at radius 3 is 2.92 bits per heavy atom. The highest BCUT2D eigenvalue weighted by Gasteiger charge is 2.50. The number of hydrogen-bond acceptors (Lipinski definition) is 5. The number of rotatable bonds is 4. The molecule has 1 aromatic heterocycles. The van der Waals surface area contributed by atoms with Crippen molar-refractivity contribution in [2.75, 3.05) is 13.2 Å². The molecule has 1 aliphatic carbocycles. The van der Waals surface area contributed by atoms with Crippen LogP contribution in [0.3, 0.4) is 0 Å². The molecule has 0 radical (unpaired) electrons. The van der Waals surface area contributed by atoms with Gasteiger partial charge in [0.25, 0.3) is 5.91 Å². The molecule has 0 aromatic carbocycles. The van der Waals surface area contributed by atoms with E-state index in [-0.39, 0.29) is 41.0 Å². The smallest absolute Gasteiger partial charge is 0.406 e. The van der Waals surface area contributed by atoms with E-state index in [1.165, 1.54) is 12.3 Å². The lowest BCUT2D eigenvalue weighted by Crippen LogP contribution is -2.40. The molecular weight excluding hydrogens is 310 g/mol. The summed E-state index contributed by atoms with van der Waals surface area (Å²) in [5, 5.41) is 11.0. The Kier molecular flexibility index (Phi) is 3.97. The molecule has 2 unspecified atom stereocenters. The molecule has 1 amide bonds. The van der Waals surface area contributed by atoms with Crippen LogP contribution in [0.25, 0.3) is 0 Å². The van der Waals surface area contributed by atoms with Crippen molar-refractivity contribution in [3.8, 4) is 5.75 Å². The number of ether oxygens (including phenoxy) is 1. The van der Waals surface area contributed by atoms with Crippen molar-refractivity contribution >= 4 is 11.7 Å². The molecule has 7 nitrogen and oxygen atoms in total. The largest absolute Gasteiger partial charge is 0.476 e. The number of fused-ring (bicyclic) bond motifs is 2. The lowest BCUT2D eigenvalue weighted by Gasteiger charge is -2.39. The van der Waals surface area contributed by atoms with Gasteiger partial charge >= 0.3 is 5.82 Å². The molecule has 2 atom stereocenters. The van der Waals surface area contributed by atoms with Crippen molar-refractivity contribution in [2.45, 2.75) is 46.1 Å². The van der Waals surface area contributed by atoms with Crippen molar-refractivity contribution in [3.63, 3.8) is 0 Å². The van der Waals surface area contributed by atoms with E-state index in [4.69, 9.17) is 4.74 Å². The third kappa shape index (κ3) is 3.20. The SMILES string of the molecule is CC1(C)CC2CC(C)(CN2C(=O)COc2cccnc2[N+](=O)[O-])C1. The average Bonchev–Trinajstić information content (AvgIpc) is 2.74. The number of likely N-dealkylation sites (tertiary alicyclic amines) is 1. The molecule has 1 saturated heterocycles. The molecule has 130 valence electrons. The first kappa shape index (κ1) is 16.7. The van der Waals surface area contributed by atoms with Gasteiger partial charge < -0.3 is 19.8 Å². The van der Waals surface area contributed by atoms with E-state index in [1.54, 1.807) is 6.07 Å². The van der Waals surface area contributed by atoms with Crippen LogP contribution in [-0.2, 0) is 4.79 Å². The van der Waals surface area contributed by atoms with Crippen LogP contribution in [0, 0.1) is 20.9 Å². The van der Waals surface area contributed by atoms with E-state index in [0.717, 1.165) is 25.8 Å². The topological polar surface area (TPSA) is 85.6 Å². The van der Waals surface area contributed by atoms with Gasteiger partial charge in [0.15, 0.2) is 6.61 Å². The van der Waals surface area contributed by atoms with Gasteiger partial charge in [0.2, 0.25) is 5.75 Å². The maximum Gasteiger partial charge on any atom is 0.406 e. The number of nitro groups is 1. The predicted octanol–water partition coefficient (Wildman–Crippen LogP) is 2.80. The lowest BCUT2D eigenvalue weighted by atomic mass is 9.65. The van der Waals surface area contributed by atoms with Crippen molar-refractivity contribution in [3.05, 3.63) is 28.4 Å². The highest BCUT2D eigenvalue weighted by molar-refractivity contribution is 5.78. The monoisotopic (exact) mass is 333 g/mol. The zero-order valence-corrected chi connectivity index (χ0v) is 14.3. The zero-order chi connectivity index (χ0) is 17.5. The fourth-order valence-corrected chi connectivity index (χ4v) is 4.61. The molecule has 2 heterocycles. The quantitative estimate of drug-likeness (QED) is 0.625. The summed E-state index contributed by atoms with van der Waals surface area (Å²) >= 11 is 0. The molecule has 2 bridgehead atoms. The van der Waals surface area contributed by atoms with Crippen molar-refractivity contribution in [1.29, 1.82) is 0 Å². The Hall–Kier alpha value is -2.18. The molecule has 1 aromatic rings. The highest BCUT2D eigenvalue weighted by Crippen LogP contribution is 2.52. The third-order valence-corrected chi connectivity index (χ3v) is 5.01. The number of carbonyl (C=O) groups excluding carboxylic acids is 1. The van der Waals surface area contributed by atoms with Gasteiger partial charge in [-0.3, -0.25) is 4.79 Å². The summed E-state index contributed by atoms with van der Waals surface area (Å²) in [5.41, 5.74) is 0.387. The van der Waals surface area contributed by atoms with Crippen LogP contribution in [0.1, 0.15) is 40.0 Å². The summed E-state index contributed by atoms with van der Waals surface area (Å²) in [6.45, 7) is 7.28. The van der Waals surface area contributed by atoms with E-state index in [2.05, 4.69) is 25.8 Å². The minimum absolute atomic E-state index is 0.0320. The van der Waals surface area contributed by atoms with Gasteiger partial charge in [0.1, 0.15) is 6.20 Å². The normalized spacial score (nSPS) is 27.8. The molecule has 1 saturated carbocycles. The summed E-state index contributed by atoms with van der Waals surface area (Å²) in [6.07, 6.45) is 4.45. The second-order valence-corrected chi connectivity index (χ2v) is 8.11. The molecule has 2 aliphatic rings. The van der Waals surface area contributed by atoms with Crippen LogP contribution in [0.4, 0.5) is 5.82 Å². The first-order valence-electron chi connectivity index (χ1n) is 8.21. The Bertz CT molecular complexity index is 676. The van der Waals surface area contributed by atoms with Gasteiger partial charge in [-0.05, 0) is 52.1 Å². The van der Waals surface area contributed by atoms with E-state index < -0.39 is 4.92 Å². The molecule has 1 aliphatic heterocycles. The second kappa shape index (κ2) is 5.72. The third-order valence-electron chi connectivity index (χ3n) is 5.01. The first-order chi connectivity index (χ1) is 11.2. The van der Waals surface area contributed by atoms with E-state index >= 15 is 0 Å². The zero-order valence-electron chi connectivity index (χ0n) is 14.3. The van der Waals surface area contributed by atoms with Gasteiger partial charge in [-0.1, -0.05) is 20.8 Å². The predicted molar refractivity (Wildman–Crippen MR) is 87.6 cm³/mol. The Morgan fingerprint density at radius 1 is 1.46 bits per heavy atom. The standard InChI is InChI=1S/C17H23N3O4/c1-16(2)7-12-8-17(3,10-16)11-19(12)14(21)9-24-13-5-4-6-18-15(13)20(22)23/h4-6,12H,7-11H2,1-3H3. The van der Waals surface area contributed by atoms with Crippen LogP contribution in [0.2, 0.25) is 0 Å². The second-order valence-electron chi connectivity index (χ2n) is 8.11. The highest BCUT2D eigenvalue weighted by atomic mass is 16.6. The lowest BCUT2D eigenvalue weighted by molar-refractivity contribution is -0.390. The fraction of sp³-hybridized carbons (Fsp3) is 0.647. The molecule has 0 spiro atoms. The minimum Gasteiger partial charge on any atom is -0.476 e. The molecule has 2 fully saturated rings. The van der Waals surface area contributed by atoms with E-state index in [9.17, 15) is 14.9 Å². The summed E-state index contributed by atoms with van der Waals surface area (Å²) in [6, 6.07) is 3.25. The minimum atomic E-state index is -0.605. The van der Waals surface area contributed by atoms with Crippen molar-refractivity contribution in [2.24, 2.45) is 10.8 Å². The number of carbonyl (C=O) groups is 1. The fourth-order valence-electron chi connectivity index (χ4n) is 4.61. The van der Waals surface area contributed by atoms with Crippen LogP contribution < -0.4 is 4.74 Å². The average molecular weight is 333 g/mol. The number of hydrogen-bond donors (Lipinski definition) is 0. The van der Waals surface area contributed by atoms with Gasteiger partial charge in [-0.2, -0.15) is 0 Å². The maximum atomic E-state index is 12.6. The first-order valence-corrected chi connectivity index (χ1v) is 8.21. The summed E-state index contributed by atoms with van der Waals surface area (Å²) in [4.78, 5) is 28.5. The van der Waals surface area contributed by atoms with E-state index in [0.29, 0.717) is 0 Å². The molecule has 3 rings (SSSR count). The van der Waals surface area contributed by atoms with Crippen LogP contribution >= 0.6 is 0 Å². The summed E-state index contributed by atoms with van der Waals surface area (Å²) < 4.78 is 5.41.